The van der Waals surface area contributed by atoms with Gasteiger partial charge in [-0.3, -0.25) is 4.79 Å². The summed E-state index contributed by atoms with van der Waals surface area (Å²) in [5, 5.41) is 0. The Morgan fingerprint density at radius 2 is 1.95 bits per heavy atom. The van der Waals surface area contributed by atoms with Crippen LogP contribution in [0.5, 0.6) is 5.75 Å². The van der Waals surface area contributed by atoms with Gasteiger partial charge in [-0.25, -0.2) is 0 Å². The second-order valence-electron chi connectivity index (χ2n) is 4.33. The van der Waals surface area contributed by atoms with E-state index in [1.807, 2.05) is 12.1 Å². The number of halogens is 2. The van der Waals surface area contributed by atoms with E-state index in [1.54, 1.807) is 0 Å². The summed E-state index contributed by atoms with van der Waals surface area (Å²) in [7, 11) is 0. The van der Waals surface area contributed by atoms with E-state index in [9.17, 15) is 4.79 Å². The van der Waals surface area contributed by atoms with E-state index >= 15 is 0 Å². The predicted octanol–water partition coefficient (Wildman–Crippen LogP) is 2.75. The molecule has 0 bridgehead atoms. The number of primary amides is 1. The van der Waals surface area contributed by atoms with Crippen molar-refractivity contribution in [3.8, 4) is 5.75 Å². The third-order valence-corrected chi connectivity index (χ3v) is 3.85. The van der Waals surface area contributed by atoms with Crippen molar-refractivity contribution in [2.75, 3.05) is 6.61 Å². The molecule has 1 aromatic rings. The smallest absolute Gasteiger partial charge is 0.220 e. The highest BCUT2D eigenvalue weighted by Crippen LogP contribution is 2.35. The van der Waals surface area contributed by atoms with Gasteiger partial charge in [-0.2, -0.15) is 0 Å². The van der Waals surface area contributed by atoms with Crippen molar-refractivity contribution in [2.24, 2.45) is 11.5 Å². The molecule has 4 N–H and O–H groups in total. The first-order chi connectivity index (χ1) is 8.93. The van der Waals surface area contributed by atoms with E-state index in [2.05, 4.69) is 38.8 Å². The summed E-state index contributed by atoms with van der Waals surface area (Å²) in [6.07, 6.45) is 1.95. The van der Waals surface area contributed by atoms with E-state index < -0.39 is 0 Å². The monoisotopic (exact) mass is 392 g/mol. The molecular formula is C13H18Br2N2O2. The molecule has 1 atom stereocenters. The Morgan fingerprint density at radius 3 is 2.42 bits per heavy atom. The highest BCUT2D eigenvalue weighted by Gasteiger charge is 2.11. The fourth-order valence-corrected chi connectivity index (χ4v) is 3.08. The summed E-state index contributed by atoms with van der Waals surface area (Å²) < 4.78 is 7.21. The van der Waals surface area contributed by atoms with Gasteiger partial charge in [0.15, 0.2) is 0 Å². The number of nitrogens with two attached hydrogens (primary N) is 2. The number of carbonyl (C=O) groups is 1. The SMILES string of the molecule is CCC(N)Cc1cc(Br)c(OCCC(N)=O)c(Br)c1. The Balaban J connectivity index is 2.76. The zero-order valence-corrected chi connectivity index (χ0v) is 14.0. The molecule has 0 aliphatic carbocycles. The Labute approximate surface area is 130 Å². The lowest BCUT2D eigenvalue weighted by Gasteiger charge is -2.14. The summed E-state index contributed by atoms with van der Waals surface area (Å²) >= 11 is 6.93. The van der Waals surface area contributed by atoms with E-state index in [0.717, 1.165) is 27.4 Å². The number of hydrogen-bond acceptors (Lipinski definition) is 3. The minimum Gasteiger partial charge on any atom is -0.491 e. The number of carbonyl (C=O) groups excluding carboxylic acids is 1. The Hall–Kier alpha value is -0.590. The maximum Gasteiger partial charge on any atom is 0.220 e. The highest BCUT2D eigenvalue weighted by atomic mass is 79.9. The summed E-state index contributed by atoms with van der Waals surface area (Å²) in [5.41, 5.74) is 12.1. The third kappa shape index (κ3) is 5.50. The first-order valence-corrected chi connectivity index (χ1v) is 7.67. The number of ether oxygens (including phenoxy) is 1. The Bertz CT molecular complexity index is 429. The van der Waals surface area contributed by atoms with Crippen molar-refractivity contribution in [1.29, 1.82) is 0 Å². The van der Waals surface area contributed by atoms with Gasteiger partial charge in [-0.05, 0) is 62.4 Å². The van der Waals surface area contributed by atoms with Crippen LogP contribution in [0.3, 0.4) is 0 Å². The maximum absolute atomic E-state index is 10.7. The van der Waals surface area contributed by atoms with Crippen LogP contribution in [0.15, 0.2) is 21.1 Å². The molecule has 0 saturated carbocycles. The molecule has 4 nitrogen and oxygen atoms in total. The fourth-order valence-electron chi connectivity index (χ4n) is 1.57. The zero-order chi connectivity index (χ0) is 14.4. The lowest BCUT2D eigenvalue weighted by Crippen LogP contribution is -2.21. The number of hydrogen-bond donors (Lipinski definition) is 2. The van der Waals surface area contributed by atoms with Gasteiger partial charge in [-0.1, -0.05) is 6.92 Å². The van der Waals surface area contributed by atoms with E-state index in [4.69, 9.17) is 16.2 Å². The third-order valence-electron chi connectivity index (χ3n) is 2.68. The van der Waals surface area contributed by atoms with Crippen LogP contribution in [-0.2, 0) is 11.2 Å². The van der Waals surface area contributed by atoms with Crippen molar-refractivity contribution >= 4 is 37.8 Å². The molecule has 0 spiro atoms. The fraction of sp³-hybridized carbons (Fsp3) is 0.462. The van der Waals surface area contributed by atoms with Crippen LogP contribution in [0.2, 0.25) is 0 Å². The minimum absolute atomic E-state index is 0.153. The molecule has 0 aromatic heterocycles. The van der Waals surface area contributed by atoms with Gasteiger partial charge in [0.1, 0.15) is 5.75 Å². The molecule has 0 fully saturated rings. The van der Waals surface area contributed by atoms with Gasteiger partial charge < -0.3 is 16.2 Å². The van der Waals surface area contributed by atoms with Crippen LogP contribution in [0, 0.1) is 0 Å². The van der Waals surface area contributed by atoms with Gasteiger partial charge in [-0.15, -0.1) is 0 Å². The molecule has 0 saturated heterocycles. The highest BCUT2D eigenvalue weighted by molar-refractivity contribution is 9.11. The van der Waals surface area contributed by atoms with Crippen molar-refractivity contribution in [2.45, 2.75) is 32.2 Å². The summed E-state index contributed by atoms with van der Waals surface area (Å²) in [4.78, 5) is 10.7. The van der Waals surface area contributed by atoms with E-state index in [1.165, 1.54) is 0 Å². The molecule has 6 heteroatoms. The molecule has 1 rings (SSSR count). The van der Waals surface area contributed by atoms with Crippen LogP contribution in [0.4, 0.5) is 0 Å². The second kappa shape index (κ2) is 7.87. The van der Waals surface area contributed by atoms with Crippen molar-refractivity contribution in [1.82, 2.24) is 0 Å². The van der Waals surface area contributed by atoms with Gasteiger partial charge in [0, 0.05) is 6.04 Å². The lowest BCUT2D eigenvalue weighted by molar-refractivity contribution is -0.118. The van der Waals surface area contributed by atoms with Gasteiger partial charge >= 0.3 is 0 Å². The molecule has 0 heterocycles. The lowest BCUT2D eigenvalue weighted by atomic mass is 10.0. The number of benzene rings is 1. The molecule has 1 unspecified atom stereocenters. The van der Waals surface area contributed by atoms with Crippen LogP contribution < -0.4 is 16.2 Å². The molecule has 106 valence electrons. The van der Waals surface area contributed by atoms with Crippen LogP contribution >= 0.6 is 31.9 Å². The standard InChI is InChI=1S/C13H18Br2N2O2/c1-2-9(16)5-8-6-10(14)13(11(15)7-8)19-4-3-12(17)18/h6-7,9H,2-5,16H2,1H3,(H2,17,18). The minimum atomic E-state index is -0.377. The Morgan fingerprint density at radius 1 is 1.37 bits per heavy atom. The number of amides is 1. The quantitative estimate of drug-likeness (QED) is 0.747. The second-order valence-corrected chi connectivity index (χ2v) is 6.03. The maximum atomic E-state index is 10.7. The largest absolute Gasteiger partial charge is 0.491 e. The van der Waals surface area contributed by atoms with Crippen molar-refractivity contribution in [3.63, 3.8) is 0 Å². The van der Waals surface area contributed by atoms with Gasteiger partial charge in [0.05, 0.1) is 22.0 Å². The summed E-state index contributed by atoms with van der Waals surface area (Å²) in [5.74, 6) is 0.299. The molecule has 19 heavy (non-hydrogen) atoms. The molecule has 0 radical (unpaired) electrons. The van der Waals surface area contributed by atoms with E-state index in [0.29, 0.717) is 5.75 Å². The van der Waals surface area contributed by atoms with Crippen molar-refractivity contribution < 1.29 is 9.53 Å². The zero-order valence-electron chi connectivity index (χ0n) is 10.8. The first kappa shape index (κ1) is 16.5. The summed E-state index contributed by atoms with van der Waals surface area (Å²) in [6.45, 7) is 2.33. The Kier molecular flexibility index (Phi) is 6.82. The molecule has 1 amide bonds. The molecule has 1 aromatic carbocycles. The van der Waals surface area contributed by atoms with E-state index in [-0.39, 0.29) is 25.0 Å². The average Bonchev–Trinajstić information content (AvgIpc) is 2.32. The van der Waals surface area contributed by atoms with Gasteiger partial charge in [0.25, 0.3) is 0 Å². The molecule has 0 aliphatic heterocycles. The average molecular weight is 394 g/mol. The molecule has 0 aliphatic rings. The van der Waals surface area contributed by atoms with Crippen LogP contribution in [0.1, 0.15) is 25.3 Å². The molecular weight excluding hydrogens is 376 g/mol. The normalized spacial score (nSPS) is 12.2. The van der Waals surface area contributed by atoms with Gasteiger partial charge in [0.2, 0.25) is 5.91 Å². The summed E-state index contributed by atoms with van der Waals surface area (Å²) in [6, 6.07) is 4.13. The van der Waals surface area contributed by atoms with Crippen molar-refractivity contribution in [3.05, 3.63) is 26.6 Å². The first-order valence-electron chi connectivity index (χ1n) is 6.08. The predicted molar refractivity (Wildman–Crippen MR) is 83.1 cm³/mol. The van der Waals surface area contributed by atoms with Crippen LogP contribution in [-0.4, -0.2) is 18.6 Å². The topological polar surface area (TPSA) is 78.3 Å². The van der Waals surface area contributed by atoms with Crippen LogP contribution in [0.25, 0.3) is 0 Å². The number of rotatable bonds is 7.